The van der Waals surface area contributed by atoms with Crippen LogP contribution in [0.15, 0.2) is 0 Å². The summed E-state index contributed by atoms with van der Waals surface area (Å²) in [5.74, 6) is 2.09. The molecule has 0 amide bonds. The lowest BCUT2D eigenvalue weighted by molar-refractivity contribution is 0.782. The van der Waals surface area contributed by atoms with Crippen LogP contribution in [0.2, 0.25) is 0 Å². The van der Waals surface area contributed by atoms with E-state index < -0.39 is 0 Å². The fourth-order valence-corrected chi connectivity index (χ4v) is 1.97. The number of hydrogen-bond acceptors (Lipinski definition) is 6. The van der Waals surface area contributed by atoms with Crippen molar-refractivity contribution >= 4 is 17.8 Å². The van der Waals surface area contributed by atoms with E-state index in [4.69, 9.17) is 0 Å². The summed E-state index contributed by atoms with van der Waals surface area (Å²) in [4.78, 5) is 15.7. The molecule has 0 aliphatic heterocycles. The zero-order valence-corrected chi connectivity index (χ0v) is 13.0. The molecule has 1 heterocycles. The van der Waals surface area contributed by atoms with Gasteiger partial charge in [-0.05, 0) is 40.0 Å². The first-order valence-corrected chi connectivity index (χ1v) is 7.63. The smallest absolute Gasteiger partial charge is 0.231 e. The fraction of sp³-hybridized carbons (Fsp3) is 0.786. The van der Waals surface area contributed by atoms with Crippen molar-refractivity contribution in [2.24, 2.45) is 0 Å². The van der Waals surface area contributed by atoms with Crippen molar-refractivity contribution in [2.75, 3.05) is 35.2 Å². The molecule has 0 unspecified atom stereocenters. The minimum absolute atomic E-state index is 0.171. The minimum atomic E-state index is 0.171. The SMILES string of the molecule is CCCNc1nc(NC2(C)CC2)nc(N(CC)CC)n1. The van der Waals surface area contributed by atoms with Crippen LogP contribution in [0.4, 0.5) is 17.8 Å². The molecule has 0 bridgehead atoms. The molecule has 20 heavy (non-hydrogen) atoms. The Kier molecular flexibility index (Phi) is 4.62. The molecule has 1 aromatic rings. The number of aromatic nitrogens is 3. The van der Waals surface area contributed by atoms with Crippen molar-refractivity contribution in [2.45, 2.75) is 52.5 Å². The van der Waals surface area contributed by atoms with Crippen molar-refractivity contribution in [3.05, 3.63) is 0 Å². The number of anilines is 3. The molecule has 0 radical (unpaired) electrons. The number of rotatable bonds is 8. The van der Waals surface area contributed by atoms with Gasteiger partial charge in [0.25, 0.3) is 0 Å². The van der Waals surface area contributed by atoms with Crippen LogP contribution in [-0.4, -0.2) is 40.1 Å². The average molecular weight is 278 g/mol. The second kappa shape index (κ2) is 6.24. The molecule has 0 spiro atoms. The first kappa shape index (κ1) is 14.8. The van der Waals surface area contributed by atoms with E-state index in [0.717, 1.165) is 32.0 Å². The maximum absolute atomic E-state index is 4.56. The Labute approximate surface area is 121 Å². The molecular formula is C14H26N6. The maximum atomic E-state index is 4.56. The molecule has 0 atom stereocenters. The Balaban J connectivity index is 2.22. The van der Waals surface area contributed by atoms with Crippen LogP contribution in [0.3, 0.4) is 0 Å². The molecule has 1 aliphatic rings. The van der Waals surface area contributed by atoms with Crippen LogP contribution in [0.5, 0.6) is 0 Å². The first-order chi connectivity index (χ1) is 9.60. The number of nitrogens with one attached hydrogen (secondary N) is 2. The predicted octanol–water partition coefficient (Wildman–Crippen LogP) is 2.50. The lowest BCUT2D eigenvalue weighted by Gasteiger charge is -2.20. The second-order valence-corrected chi connectivity index (χ2v) is 5.57. The van der Waals surface area contributed by atoms with Crippen molar-refractivity contribution < 1.29 is 0 Å². The fourth-order valence-electron chi connectivity index (χ4n) is 1.97. The zero-order chi connectivity index (χ0) is 14.6. The number of nitrogens with zero attached hydrogens (tertiary/aromatic N) is 4. The van der Waals surface area contributed by atoms with Gasteiger partial charge in [-0.2, -0.15) is 15.0 Å². The van der Waals surface area contributed by atoms with Crippen LogP contribution < -0.4 is 15.5 Å². The summed E-state index contributed by atoms with van der Waals surface area (Å²) in [7, 11) is 0. The third-order valence-corrected chi connectivity index (χ3v) is 3.62. The molecule has 1 fully saturated rings. The van der Waals surface area contributed by atoms with E-state index in [1.807, 2.05) is 0 Å². The van der Waals surface area contributed by atoms with Gasteiger partial charge < -0.3 is 15.5 Å². The molecule has 2 rings (SSSR count). The van der Waals surface area contributed by atoms with Crippen LogP contribution in [0.25, 0.3) is 0 Å². The van der Waals surface area contributed by atoms with E-state index in [-0.39, 0.29) is 5.54 Å². The summed E-state index contributed by atoms with van der Waals surface area (Å²) < 4.78 is 0. The highest BCUT2D eigenvalue weighted by molar-refractivity contribution is 5.45. The quantitative estimate of drug-likeness (QED) is 0.761. The first-order valence-electron chi connectivity index (χ1n) is 7.63. The molecule has 1 saturated carbocycles. The highest BCUT2D eigenvalue weighted by Gasteiger charge is 2.38. The molecule has 0 aromatic carbocycles. The van der Waals surface area contributed by atoms with E-state index in [1.165, 1.54) is 12.8 Å². The minimum Gasteiger partial charge on any atom is -0.354 e. The molecule has 6 heteroatoms. The molecule has 112 valence electrons. The standard InChI is InChI=1S/C14H26N6/c1-5-10-15-11-16-12(19-14(4)8-9-14)18-13(17-11)20(6-2)7-3/h5-10H2,1-4H3,(H2,15,16,17,18,19). The van der Waals surface area contributed by atoms with Gasteiger partial charge in [-0.25, -0.2) is 0 Å². The molecule has 2 N–H and O–H groups in total. The Morgan fingerprint density at radius 1 is 1.05 bits per heavy atom. The molecule has 6 nitrogen and oxygen atoms in total. The van der Waals surface area contributed by atoms with E-state index >= 15 is 0 Å². The topological polar surface area (TPSA) is 66.0 Å². The molecule has 1 aliphatic carbocycles. The zero-order valence-electron chi connectivity index (χ0n) is 13.0. The predicted molar refractivity (Wildman–Crippen MR) is 83.4 cm³/mol. The van der Waals surface area contributed by atoms with Gasteiger partial charge in [-0.15, -0.1) is 0 Å². The monoisotopic (exact) mass is 278 g/mol. The Bertz CT molecular complexity index is 439. The van der Waals surface area contributed by atoms with Crippen molar-refractivity contribution in [3.63, 3.8) is 0 Å². The summed E-state index contributed by atoms with van der Waals surface area (Å²) in [6.45, 7) is 11.2. The van der Waals surface area contributed by atoms with Gasteiger partial charge in [0, 0.05) is 25.2 Å². The van der Waals surface area contributed by atoms with Gasteiger partial charge in [0.05, 0.1) is 0 Å². The summed E-state index contributed by atoms with van der Waals surface area (Å²) in [6, 6.07) is 0. The summed E-state index contributed by atoms with van der Waals surface area (Å²) in [6.07, 6.45) is 3.40. The second-order valence-electron chi connectivity index (χ2n) is 5.57. The van der Waals surface area contributed by atoms with Crippen molar-refractivity contribution in [3.8, 4) is 0 Å². The van der Waals surface area contributed by atoms with Gasteiger partial charge in [0.2, 0.25) is 17.8 Å². The van der Waals surface area contributed by atoms with E-state index in [9.17, 15) is 0 Å². The largest absolute Gasteiger partial charge is 0.354 e. The Morgan fingerprint density at radius 2 is 1.70 bits per heavy atom. The van der Waals surface area contributed by atoms with E-state index in [2.05, 4.69) is 58.2 Å². The summed E-state index contributed by atoms with van der Waals surface area (Å²) in [5, 5.41) is 6.68. The number of hydrogen-bond donors (Lipinski definition) is 2. The highest BCUT2D eigenvalue weighted by Crippen LogP contribution is 2.37. The van der Waals surface area contributed by atoms with Crippen LogP contribution >= 0.6 is 0 Å². The van der Waals surface area contributed by atoms with Crippen LogP contribution in [0, 0.1) is 0 Å². The Morgan fingerprint density at radius 3 is 2.25 bits per heavy atom. The third kappa shape index (κ3) is 3.71. The van der Waals surface area contributed by atoms with Gasteiger partial charge in [-0.3, -0.25) is 0 Å². The van der Waals surface area contributed by atoms with Crippen molar-refractivity contribution in [1.29, 1.82) is 0 Å². The van der Waals surface area contributed by atoms with Gasteiger partial charge >= 0.3 is 0 Å². The average Bonchev–Trinajstić information content (AvgIpc) is 3.15. The highest BCUT2D eigenvalue weighted by atomic mass is 15.3. The molecule has 0 saturated heterocycles. The van der Waals surface area contributed by atoms with Gasteiger partial charge in [0.15, 0.2) is 0 Å². The Hall–Kier alpha value is -1.59. The van der Waals surface area contributed by atoms with Crippen LogP contribution in [-0.2, 0) is 0 Å². The van der Waals surface area contributed by atoms with Gasteiger partial charge in [0.1, 0.15) is 0 Å². The molecule has 1 aromatic heterocycles. The summed E-state index contributed by atoms with van der Waals surface area (Å²) >= 11 is 0. The maximum Gasteiger partial charge on any atom is 0.231 e. The molecular weight excluding hydrogens is 252 g/mol. The van der Waals surface area contributed by atoms with E-state index in [1.54, 1.807) is 0 Å². The normalized spacial score (nSPS) is 15.8. The third-order valence-electron chi connectivity index (χ3n) is 3.62. The lowest BCUT2D eigenvalue weighted by Crippen LogP contribution is -2.26. The van der Waals surface area contributed by atoms with E-state index in [0.29, 0.717) is 11.9 Å². The van der Waals surface area contributed by atoms with Crippen LogP contribution in [0.1, 0.15) is 47.0 Å². The lowest BCUT2D eigenvalue weighted by atomic mass is 10.3. The van der Waals surface area contributed by atoms with Crippen molar-refractivity contribution in [1.82, 2.24) is 15.0 Å². The summed E-state index contributed by atoms with van der Waals surface area (Å²) in [5.41, 5.74) is 0.171. The van der Waals surface area contributed by atoms with Gasteiger partial charge in [-0.1, -0.05) is 6.92 Å².